The standard InChI is InChI=1S/C8H10FN/c1-3-4-7-5-10(2)6-8(7)9/h3-6H,1-2H3/b4-3+. The number of hydrogen-bond donors (Lipinski definition) is 0. The van der Waals surface area contributed by atoms with Gasteiger partial charge in [-0.15, -0.1) is 0 Å². The van der Waals surface area contributed by atoms with Crippen molar-refractivity contribution in [2.24, 2.45) is 7.05 Å². The molecule has 0 atom stereocenters. The van der Waals surface area contributed by atoms with Crippen LogP contribution in [0.5, 0.6) is 0 Å². The van der Waals surface area contributed by atoms with E-state index in [0.29, 0.717) is 5.56 Å². The first kappa shape index (κ1) is 7.06. The van der Waals surface area contributed by atoms with Crippen molar-refractivity contribution in [3.63, 3.8) is 0 Å². The van der Waals surface area contributed by atoms with Crippen LogP contribution in [-0.2, 0) is 7.05 Å². The van der Waals surface area contributed by atoms with Crippen LogP contribution in [0.3, 0.4) is 0 Å². The predicted octanol–water partition coefficient (Wildman–Crippen LogP) is 2.20. The lowest BCUT2D eigenvalue weighted by atomic mass is 10.3. The van der Waals surface area contributed by atoms with Crippen molar-refractivity contribution in [3.05, 3.63) is 29.9 Å². The molecule has 1 aromatic rings. The minimum absolute atomic E-state index is 0.166. The highest BCUT2D eigenvalue weighted by atomic mass is 19.1. The largest absolute Gasteiger partial charge is 0.354 e. The summed E-state index contributed by atoms with van der Waals surface area (Å²) in [5.74, 6) is -0.166. The van der Waals surface area contributed by atoms with Crippen molar-refractivity contribution < 1.29 is 4.39 Å². The number of aromatic nitrogens is 1. The normalized spacial score (nSPS) is 11.1. The molecule has 0 aromatic carbocycles. The Kier molecular flexibility index (Phi) is 1.90. The van der Waals surface area contributed by atoms with Crippen LogP contribution in [0.1, 0.15) is 12.5 Å². The summed E-state index contributed by atoms with van der Waals surface area (Å²) in [6, 6.07) is 0. The van der Waals surface area contributed by atoms with Crippen LogP contribution in [0.25, 0.3) is 6.08 Å². The van der Waals surface area contributed by atoms with Crippen LogP contribution >= 0.6 is 0 Å². The molecule has 0 aliphatic carbocycles. The van der Waals surface area contributed by atoms with E-state index in [1.807, 2.05) is 13.0 Å². The van der Waals surface area contributed by atoms with Crippen molar-refractivity contribution in [1.29, 1.82) is 0 Å². The van der Waals surface area contributed by atoms with Crippen LogP contribution < -0.4 is 0 Å². The third-order valence-electron chi connectivity index (χ3n) is 1.28. The predicted molar refractivity (Wildman–Crippen MR) is 40.1 cm³/mol. The van der Waals surface area contributed by atoms with Crippen molar-refractivity contribution in [3.8, 4) is 0 Å². The second kappa shape index (κ2) is 2.69. The van der Waals surface area contributed by atoms with Gasteiger partial charge in [-0.05, 0) is 6.92 Å². The third kappa shape index (κ3) is 1.26. The summed E-state index contributed by atoms with van der Waals surface area (Å²) >= 11 is 0. The highest BCUT2D eigenvalue weighted by Crippen LogP contribution is 2.08. The summed E-state index contributed by atoms with van der Waals surface area (Å²) in [4.78, 5) is 0. The summed E-state index contributed by atoms with van der Waals surface area (Å²) in [6.07, 6.45) is 6.76. The molecule has 0 saturated heterocycles. The first-order chi connectivity index (χ1) is 4.74. The number of halogens is 1. The summed E-state index contributed by atoms with van der Waals surface area (Å²) in [7, 11) is 1.80. The average Bonchev–Trinajstić information content (AvgIpc) is 2.13. The number of aryl methyl sites for hydroxylation is 1. The SMILES string of the molecule is C/C=C/c1cn(C)cc1F. The Morgan fingerprint density at radius 2 is 2.20 bits per heavy atom. The summed E-state index contributed by atoms with van der Waals surface area (Å²) in [6.45, 7) is 1.87. The number of allylic oxidation sites excluding steroid dienone is 1. The first-order valence-electron chi connectivity index (χ1n) is 3.18. The van der Waals surface area contributed by atoms with Gasteiger partial charge in [-0.2, -0.15) is 0 Å². The van der Waals surface area contributed by atoms with E-state index in [9.17, 15) is 4.39 Å². The minimum atomic E-state index is -0.166. The van der Waals surface area contributed by atoms with E-state index < -0.39 is 0 Å². The lowest BCUT2D eigenvalue weighted by Gasteiger charge is -1.82. The molecule has 1 nitrogen and oxygen atoms in total. The van der Waals surface area contributed by atoms with E-state index in [2.05, 4.69) is 0 Å². The highest BCUT2D eigenvalue weighted by Gasteiger charge is 1.98. The van der Waals surface area contributed by atoms with Crippen molar-refractivity contribution in [1.82, 2.24) is 4.57 Å². The van der Waals surface area contributed by atoms with Crippen molar-refractivity contribution in [2.75, 3.05) is 0 Å². The quantitative estimate of drug-likeness (QED) is 0.562. The van der Waals surface area contributed by atoms with Crippen LogP contribution in [0.15, 0.2) is 18.5 Å². The summed E-state index contributed by atoms with van der Waals surface area (Å²) in [5.41, 5.74) is 0.644. The molecule has 1 aromatic heterocycles. The van der Waals surface area contributed by atoms with Gasteiger partial charge in [0.1, 0.15) is 5.82 Å². The molecule has 0 aliphatic rings. The van der Waals surface area contributed by atoms with Gasteiger partial charge in [0.2, 0.25) is 0 Å². The molecule has 0 fully saturated rings. The summed E-state index contributed by atoms with van der Waals surface area (Å²) < 4.78 is 14.4. The second-order valence-electron chi connectivity index (χ2n) is 2.23. The van der Waals surface area contributed by atoms with Gasteiger partial charge in [0.25, 0.3) is 0 Å². The van der Waals surface area contributed by atoms with Crippen molar-refractivity contribution in [2.45, 2.75) is 6.92 Å². The smallest absolute Gasteiger partial charge is 0.148 e. The monoisotopic (exact) mass is 139 g/mol. The molecule has 0 bridgehead atoms. The highest BCUT2D eigenvalue weighted by molar-refractivity contribution is 5.48. The Balaban J connectivity index is 3.03. The Morgan fingerprint density at radius 3 is 2.60 bits per heavy atom. The molecule has 1 rings (SSSR count). The number of hydrogen-bond acceptors (Lipinski definition) is 0. The van der Waals surface area contributed by atoms with Gasteiger partial charge >= 0.3 is 0 Å². The molecular formula is C8H10FN. The van der Waals surface area contributed by atoms with E-state index in [1.165, 1.54) is 6.20 Å². The Morgan fingerprint density at radius 1 is 1.50 bits per heavy atom. The van der Waals surface area contributed by atoms with Gasteiger partial charge in [0.15, 0.2) is 0 Å². The Hall–Kier alpha value is -1.05. The zero-order valence-electron chi connectivity index (χ0n) is 6.13. The molecule has 54 valence electrons. The van der Waals surface area contributed by atoms with E-state index in [0.717, 1.165) is 0 Å². The van der Waals surface area contributed by atoms with E-state index in [4.69, 9.17) is 0 Å². The van der Waals surface area contributed by atoms with Gasteiger partial charge < -0.3 is 4.57 Å². The second-order valence-corrected chi connectivity index (χ2v) is 2.23. The fourth-order valence-corrected chi connectivity index (χ4v) is 0.874. The van der Waals surface area contributed by atoms with Crippen LogP contribution in [0.2, 0.25) is 0 Å². The zero-order chi connectivity index (χ0) is 7.56. The maximum atomic E-state index is 12.7. The minimum Gasteiger partial charge on any atom is -0.354 e. The molecule has 1 heterocycles. The Labute approximate surface area is 59.8 Å². The molecule has 0 N–H and O–H groups in total. The van der Waals surface area contributed by atoms with Crippen molar-refractivity contribution >= 4 is 6.08 Å². The van der Waals surface area contributed by atoms with Crippen LogP contribution in [0, 0.1) is 5.82 Å². The van der Waals surface area contributed by atoms with Crippen LogP contribution in [0.4, 0.5) is 4.39 Å². The molecular weight excluding hydrogens is 129 g/mol. The van der Waals surface area contributed by atoms with Gasteiger partial charge in [0, 0.05) is 25.0 Å². The van der Waals surface area contributed by atoms with E-state index in [1.54, 1.807) is 23.9 Å². The van der Waals surface area contributed by atoms with Gasteiger partial charge in [-0.3, -0.25) is 0 Å². The zero-order valence-corrected chi connectivity index (χ0v) is 6.13. The maximum Gasteiger partial charge on any atom is 0.148 e. The lowest BCUT2D eigenvalue weighted by molar-refractivity contribution is 0.622. The van der Waals surface area contributed by atoms with Gasteiger partial charge in [0.05, 0.1) is 0 Å². The molecule has 0 amide bonds. The molecule has 0 aliphatic heterocycles. The van der Waals surface area contributed by atoms with E-state index >= 15 is 0 Å². The first-order valence-corrected chi connectivity index (χ1v) is 3.18. The molecule has 0 radical (unpaired) electrons. The molecule has 2 heteroatoms. The molecule has 0 unspecified atom stereocenters. The van der Waals surface area contributed by atoms with Crippen LogP contribution in [-0.4, -0.2) is 4.57 Å². The van der Waals surface area contributed by atoms with E-state index in [-0.39, 0.29) is 5.82 Å². The third-order valence-corrected chi connectivity index (χ3v) is 1.28. The fourth-order valence-electron chi connectivity index (χ4n) is 0.874. The molecule has 0 spiro atoms. The number of rotatable bonds is 1. The maximum absolute atomic E-state index is 12.7. The topological polar surface area (TPSA) is 4.93 Å². The number of nitrogens with zero attached hydrogens (tertiary/aromatic N) is 1. The molecule has 0 saturated carbocycles. The fraction of sp³-hybridized carbons (Fsp3) is 0.250. The Bertz CT molecular complexity index is 248. The average molecular weight is 139 g/mol. The van der Waals surface area contributed by atoms with Gasteiger partial charge in [-0.1, -0.05) is 12.2 Å². The summed E-state index contributed by atoms with van der Waals surface area (Å²) in [5, 5.41) is 0. The van der Waals surface area contributed by atoms with Gasteiger partial charge in [-0.25, -0.2) is 4.39 Å². The molecule has 10 heavy (non-hydrogen) atoms. The lowest BCUT2D eigenvalue weighted by Crippen LogP contribution is -1.77.